The van der Waals surface area contributed by atoms with E-state index in [1.165, 1.54) is 38.9 Å². The van der Waals surface area contributed by atoms with Crippen molar-refractivity contribution in [1.29, 1.82) is 0 Å². The lowest BCUT2D eigenvalue weighted by atomic mass is 9.85. The molecule has 4 rings (SSSR count). The van der Waals surface area contributed by atoms with E-state index in [9.17, 15) is 0 Å². The standard InChI is InChI=1S/C19H17N/c1-12-9-13(2)16-8-7-15-11-14-5-3-4-6-18(14)20-19(15)17(16)10-12/h3-6,9-11H,7-8H2,1-2H3. The van der Waals surface area contributed by atoms with Gasteiger partial charge in [0.15, 0.2) is 0 Å². The van der Waals surface area contributed by atoms with Gasteiger partial charge in [0, 0.05) is 10.9 Å². The topological polar surface area (TPSA) is 12.9 Å². The van der Waals surface area contributed by atoms with Crippen LogP contribution in [0.5, 0.6) is 0 Å². The summed E-state index contributed by atoms with van der Waals surface area (Å²) in [5, 5.41) is 1.25. The zero-order chi connectivity index (χ0) is 13.7. The lowest BCUT2D eigenvalue weighted by Gasteiger charge is -2.22. The molecule has 1 aromatic heterocycles. The fraction of sp³-hybridized carbons (Fsp3) is 0.211. The van der Waals surface area contributed by atoms with E-state index in [0.29, 0.717) is 0 Å². The van der Waals surface area contributed by atoms with Crippen LogP contribution in [0.15, 0.2) is 42.5 Å². The average Bonchev–Trinajstić information content (AvgIpc) is 2.45. The molecule has 0 saturated carbocycles. The summed E-state index contributed by atoms with van der Waals surface area (Å²) in [6.45, 7) is 4.39. The van der Waals surface area contributed by atoms with Crippen LogP contribution in [0.4, 0.5) is 0 Å². The van der Waals surface area contributed by atoms with E-state index in [1.54, 1.807) is 0 Å². The van der Waals surface area contributed by atoms with Crippen molar-refractivity contribution in [2.24, 2.45) is 0 Å². The Labute approximate surface area is 119 Å². The van der Waals surface area contributed by atoms with Crippen LogP contribution in [0.1, 0.15) is 22.3 Å². The van der Waals surface area contributed by atoms with E-state index in [2.05, 4.69) is 56.3 Å². The molecule has 0 atom stereocenters. The van der Waals surface area contributed by atoms with Crippen LogP contribution in [-0.4, -0.2) is 4.98 Å². The van der Waals surface area contributed by atoms with Gasteiger partial charge < -0.3 is 0 Å². The predicted octanol–water partition coefficient (Wildman–Crippen LogP) is 4.62. The number of aromatic nitrogens is 1. The second kappa shape index (κ2) is 4.17. The molecular formula is C19H17N. The van der Waals surface area contributed by atoms with Gasteiger partial charge >= 0.3 is 0 Å². The molecule has 1 nitrogen and oxygen atoms in total. The number of para-hydroxylation sites is 1. The van der Waals surface area contributed by atoms with Crippen LogP contribution >= 0.6 is 0 Å². The molecule has 0 spiro atoms. The third-order valence-corrected chi connectivity index (χ3v) is 4.32. The molecule has 2 aromatic carbocycles. The number of aryl methyl sites for hydroxylation is 3. The monoisotopic (exact) mass is 259 g/mol. The van der Waals surface area contributed by atoms with Gasteiger partial charge in [-0.3, -0.25) is 0 Å². The molecule has 20 heavy (non-hydrogen) atoms. The van der Waals surface area contributed by atoms with Gasteiger partial charge in [-0.15, -0.1) is 0 Å². The Kier molecular flexibility index (Phi) is 2.43. The van der Waals surface area contributed by atoms with E-state index in [1.807, 2.05) is 0 Å². The van der Waals surface area contributed by atoms with Crippen molar-refractivity contribution in [1.82, 2.24) is 4.98 Å². The zero-order valence-electron chi connectivity index (χ0n) is 11.9. The lowest BCUT2D eigenvalue weighted by Crippen LogP contribution is -2.08. The molecule has 0 saturated heterocycles. The Morgan fingerprint density at radius 3 is 2.70 bits per heavy atom. The number of hydrogen-bond acceptors (Lipinski definition) is 1. The summed E-state index contributed by atoms with van der Waals surface area (Å²) in [6.07, 6.45) is 2.23. The Morgan fingerprint density at radius 1 is 0.950 bits per heavy atom. The molecular weight excluding hydrogens is 242 g/mol. The van der Waals surface area contributed by atoms with Crippen molar-refractivity contribution in [3.8, 4) is 11.3 Å². The van der Waals surface area contributed by atoms with Gasteiger partial charge in [-0.2, -0.15) is 0 Å². The third kappa shape index (κ3) is 1.66. The van der Waals surface area contributed by atoms with E-state index in [4.69, 9.17) is 4.98 Å². The van der Waals surface area contributed by atoms with E-state index in [-0.39, 0.29) is 0 Å². The molecule has 0 fully saturated rings. The van der Waals surface area contributed by atoms with Crippen molar-refractivity contribution in [3.05, 3.63) is 64.7 Å². The highest BCUT2D eigenvalue weighted by atomic mass is 14.7. The van der Waals surface area contributed by atoms with Crippen LogP contribution in [0, 0.1) is 13.8 Å². The van der Waals surface area contributed by atoms with E-state index < -0.39 is 0 Å². The highest BCUT2D eigenvalue weighted by Gasteiger charge is 2.19. The normalized spacial score (nSPS) is 13.1. The van der Waals surface area contributed by atoms with Crippen molar-refractivity contribution < 1.29 is 0 Å². The highest BCUT2D eigenvalue weighted by molar-refractivity contribution is 5.85. The Balaban J connectivity index is 2.06. The summed E-state index contributed by atoms with van der Waals surface area (Å²) in [4.78, 5) is 4.94. The summed E-state index contributed by atoms with van der Waals surface area (Å²) in [6, 6.07) is 15.3. The smallest absolute Gasteiger partial charge is 0.0744 e. The Morgan fingerprint density at radius 2 is 1.80 bits per heavy atom. The molecule has 1 aliphatic rings. The van der Waals surface area contributed by atoms with E-state index in [0.717, 1.165) is 18.4 Å². The second-order valence-corrected chi connectivity index (χ2v) is 5.80. The number of hydrogen-bond donors (Lipinski definition) is 0. The first kappa shape index (κ1) is 11.7. The molecule has 0 unspecified atom stereocenters. The highest BCUT2D eigenvalue weighted by Crippen LogP contribution is 2.36. The molecule has 0 amide bonds. The quantitative estimate of drug-likeness (QED) is 0.574. The maximum atomic E-state index is 4.94. The number of pyridine rings is 1. The lowest BCUT2D eigenvalue weighted by molar-refractivity contribution is 0.921. The maximum absolute atomic E-state index is 4.94. The first-order valence-electron chi connectivity index (χ1n) is 7.21. The van der Waals surface area contributed by atoms with Crippen LogP contribution < -0.4 is 0 Å². The van der Waals surface area contributed by atoms with E-state index >= 15 is 0 Å². The minimum absolute atomic E-state index is 1.10. The molecule has 1 aliphatic carbocycles. The first-order chi connectivity index (χ1) is 9.72. The summed E-state index contributed by atoms with van der Waals surface area (Å²) in [7, 11) is 0. The van der Waals surface area contributed by atoms with Crippen molar-refractivity contribution >= 4 is 10.9 Å². The number of benzene rings is 2. The van der Waals surface area contributed by atoms with Crippen LogP contribution in [0.25, 0.3) is 22.2 Å². The Hall–Kier alpha value is -2.15. The van der Waals surface area contributed by atoms with Gasteiger partial charge in [0.05, 0.1) is 11.2 Å². The van der Waals surface area contributed by atoms with Crippen LogP contribution in [0.3, 0.4) is 0 Å². The summed E-state index contributed by atoms with van der Waals surface area (Å²) < 4.78 is 0. The third-order valence-electron chi connectivity index (χ3n) is 4.32. The largest absolute Gasteiger partial charge is 0.247 e. The molecule has 0 aliphatic heterocycles. The number of nitrogens with zero attached hydrogens (tertiary/aromatic N) is 1. The summed E-state index contributed by atoms with van der Waals surface area (Å²) >= 11 is 0. The first-order valence-corrected chi connectivity index (χ1v) is 7.21. The second-order valence-electron chi connectivity index (χ2n) is 5.80. The fourth-order valence-electron chi connectivity index (χ4n) is 3.38. The maximum Gasteiger partial charge on any atom is 0.0744 e. The number of rotatable bonds is 0. The minimum Gasteiger partial charge on any atom is -0.247 e. The van der Waals surface area contributed by atoms with Crippen molar-refractivity contribution in [2.75, 3.05) is 0 Å². The van der Waals surface area contributed by atoms with Gasteiger partial charge in [0.1, 0.15) is 0 Å². The SMILES string of the molecule is Cc1cc(C)c2c(c1)-c1nc3ccccc3cc1CC2. The summed E-state index contributed by atoms with van der Waals surface area (Å²) in [5.41, 5.74) is 9.22. The zero-order valence-corrected chi connectivity index (χ0v) is 11.9. The molecule has 1 heterocycles. The van der Waals surface area contributed by atoms with Crippen LogP contribution in [0.2, 0.25) is 0 Å². The minimum atomic E-state index is 1.10. The van der Waals surface area contributed by atoms with Gasteiger partial charge in [-0.25, -0.2) is 4.98 Å². The molecule has 98 valence electrons. The van der Waals surface area contributed by atoms with Crippen LogP contribution in [-0.2, 0) is 12.8 Å². The van der Waals surface area contributed by atoms with Crippen molar-refractivity contribution in [3.63, 3.8) is 0 Å². The fourth-order valence-corrected chi connectivity index (χ4v) is 3.38. The average molecular weight is 259 g/mol. The molecule has 1 heteroatoms. The molecule has 0 N–H and O–H groups in total. The molecule has 0 bridgehead atoms. The predicted molar refractivity (Wildman–Crippen MR) is 84.1 cm³/mol. The number of fused-ring (bicyclic) bond motifs is 4. The van der Waals surface area contributed by atoms with Gasteiger partial charge in [0.25, 0.3) is 0 Å². The van der Waals surface area contributed by atoms with Gasteiger partial charge in [-0.1, -0.05) is 29.8 Å². The summed E-state index contributed by atoms with van der Waals surface area (Å²) in [5.74, 6) is 0. The van der Waals surface area contributed by atoms with Crippen molar-refractivity contribution in [2.45, 2.75) is 26.7 Å². The molecule has 3 aromatic rings. The van der Waals surface area contributed by atoms with Gasteiger partial charge in [0.2, 0.25) is 0 Å². The molecule has 0 radical (unpaired) electrons. The Bertz CT molecular complexity index is 831. The van der Waals surface area contributed by atoms with Gasteiger partial charge in [-0.05, 0) is 61.6 Å².